The normalized spacial score (nSPS) is 18.9. The molecule has 1 unspecified atom stereocenters. The first-order chi connectivity index (χ1) is 9.85. The Labute approximate surface area is 115 Å². The van der Waals surface area contributed by atoms with Crippen LogP contribution in [0.25, 0.3) is 11.5 Å². The molecule has 0 aromatic carbocycles. The minimum atomic E-state index is 0.0685. The average molecular weight is 277 g/mol. The summed E-state index contributed by atoms with van der Waals surface area (Å²) in [5, 5.41) is 15.0. The predicted octanol–water partition coefficient (Wildman–Crippen LogP) is 0.0661. The Hall–Kier alpha value is -2.06. The Bertz CT molecular complexity index is 550. The SMILES string of the molecule is COc1ccc(-c2noc(CC3CNCCO3)n2)nn1. The van der Waals surface area contributed by atoms with Crippen molar-refractivity contribution in [2.45, 2.75) is 12.5 Å². The second-order valence-electron chi connectivity index (χ2n) is 4.37. The molecule has 1 aliphatic rings. The van der Waals surface area contributed by atoms with Crippen LogP contribution >= 0.6 is 0 Å². The van der Waals surface area contributed by atoms with Crippen LogP contribution in [0.15, 0.2) is 16.7 Å². The number of methoxy groups -OCH3 is 1. The fourth-order valence-electron chi connectivity index (χ4n) is 1.94. The van der Waals surface area contributed by atoms with Crippen LogP contribution in [0.2, 0.25) is 0 Å². The summed E-state index contributed by atoms with van der Waals surface area (Å²) in [6.45, 7) is 2.38. The van der Waals surface area contributed by atoms with E-state index in [4.69, 9.17) is 14.0 Å². The summed E-state index contributed by atoms with van der Waals surface area (Å²) in [5.74, 6) is 1.39. The topological polar surface area (TPSA) is 95.2 Å². The highest BCUT2D eigenvalue weighted by Crippen LogP contribution is 2.15. The van der Waals surface area contributed by atoms with E-state index in [0.717, 1.165) is 13.1 Å². The molecule has 1 aliphatic heterocycles. The maximum Gasteiger partial charge on any atom is 0.233 e. The highest BCUT2D eigenvalue weighted by molar-refractivity contribution is 5.47. The molecule has 0 amide bonds. The zero-order chi connectivity index (χ0) is 13.8. The number of rotatable bonds is 4. The van der Waals surface area contributed by atoms with E-state index in [9.17, 15) is 0 Å². The molecule has 1 atom stereocenters. The molecule has 3 heterocycles. The van der Waals surface area contributed by atoms with Gasteiger partial charge in [-0.3, -0.25) is 0 Å². The predicted molar refractivity (Wildman–Crippen MR) is 68.2 cm³/mol. The molecule has 1 N–H and O–H groups in total. The van der Waals surface area contributed by atoms with Gasteiger partial charge >= 0.3 is 0 Å². The van der Waals surface area contributed by atoms with Gasteiger partial charge in [-0.1, -0.05) is 5.16 Å². The van der Waals surface area contributed by atoms with E-state index in [2.05, 4.69) is 25.7 Å². The summed E-state index contributed by atoms with van der Waals surface area (Å²) in [5.41, 5.74) is 0.545. The van der Waals surface area contributed by atoms with E-state index < -0.39 is 0 Å². The fourth-order valence-corrected chi connectivity index (χ4v) is 1.94. The Morgan fingerprint density at radius 2 is 2.35 bits per heavy atom. The molecule has 0 radical (unpaired) electrons. The van der Waals surface area contributed by atoms with E-state index >= 15 is 0 Å². The lowest BCUT2D eigenvalue weighted by Gasteiger charge is -2.21. The number of morpholine rings is 1. The highest BCUT2D eigenvalue weighted by atomic mass is 16.5. The minimum absolute atomic E-state index is 0.0685. The molecule has 3 rings (SSSR count). The monoisotopic (exact) mass is 277 g/mol. The lowest BCUT2D eigenvalue weighted by Crippen LogP contribution is -2.39. The van der Waals surface area contributed by atoms with Crippen molar-refractivity contribution in [3.8, 4) is 17.4 Å². The molecular weight excluding hydrogens is 262 g/mol. The van der Waals surface area contributed by atoms with E-state index in [1.165, 1.54) is 7.11 Å². The van der Waals surface area contributed by atoms with Crippen LogP contribution in [0, 0.1) is 0 Å². The number of aromatic nitrogens is 4. The van der Waals surface area contributed by atoms with E-state index in [1.807, 2.05) is 0 Å². The lowest BCUT2D eigenvalue weighted by molar-refractivity contribution is 0.0246. The molecule has 8 nitrogen and oxygen atoms in total. The van der Waals surface area contributed by atoms with Gasteiger partial charge in [0.15, 0.2) is 0 Å². The van der Waals surface area contributed by atoms with Gasteiger partial charge in [0.05, 0.1) is 26.2 Å². The molecule has 0 aliphatic carbocycles. The second-order valence-corrected chi connectivity index (χ2v) is 4.37. The van der Waals surface area contributed by atoms with Crippen LogP contribution in [0.4, 0.5) is 0 Å². The van der Waals surface area contributed by atoms with Crippen LogP contribution in [0.5, 0.6) is 5.88 Å². The van der Waals surface area contributed by atoms with Crippen LogP contribution in [-0.2, 0) is 11.2 Å². The fraction of sp³-hybridized carbons (Fsp3) is 0.500. The van der Waals surface area contributed by atoms with Gasteiger partial charge in [-0.25, -0.2) is 0 Å². The number of nitrogens with one attached hydrogen (secondary N) is 1. The van der Waals surface area contributed by atoms with Gasteiger partial charge in [0.2, 0.25) is 17.6 Å². The van der Waals surface area contributed by atoms with Gasteiger partial charge in [-0.05, 0) is 6.07 Å². The molecule has 2 aromatic rings. The van der Waals surface area contributed by atoms with E-state index in [1.54, 1.807) is 12.1 Å². The van der Waals surface area contributed by atoms with Crippen molar-refractivity contribution in [3.63, 3.8) is 0 Å². The Morgan fingerprint density at radius 3 is 3.05 bits per heavy atom. The van der Waals surface area contributed by atoms with Gasteiger partial charge in [0.1, 0.15) is 5.69 Å². The molecule has 20 heavy (non-hydrogen) atoms. The molecule has 1 fully saturated rings. The zero-order valence-electron chi connectivity index (χ0n) is 11.1. The van der Waals surface area contributed by atoms with Gasteiger partial charge in [0.25, 0.3) is 0 Å². The summed E-state index contributed by atoms with van der Waals surface area (Å²) in [6.07, 6.45) is 0.655. The summed E-state index contributed by atoms with van der Waals surface area (Å²) >= 11 is 0. The number of hydrogen-bond acceptors (Lipinski definition) is 8. The summed E-state index contributed by atoms with van der Waals surface area (Å²) in [7, 11) is 1.54. The van der Waals surface area contributed by atoms with Crippen molar-refractivity contribution in [1.82, 2.24) is 25.7 Å². The standard InChI is InChI=1S/C12H15N5O3/c1-18-10-3-2-9(15-16-10)12-14-11(20-17-12)6-8-7-13-4-5-19-8/h2-3,8,13H,4-7H2,1H3. The molecule has 0 bridgehead atoms. The largest absolute Gasteiger partial charge is 0.480 e. The first-order valence-electron chi connectivity index (χ1n) is 6.38. The highest BCUT2D eigenvalue weighted by Gasteiger charge is 2.18. The van der Waals surface area contributed by atoms with Crippen molar-refractivity contribution in [2.75, 3.05) is 26.8 Å². The maximum atomic E-state index is 5.59. The zero-order valence-corrected chi connectivity index (χ0v) is 11.1. The van der Waals surface area contributed by atoms with Crippen LogP contribution in [0.3, 0.4) is 0 Å². The van der Waals surface area contributed by atoms with Gasteiger partial charge in [-0.2, -0.15) is 4.98 Å². The van der Waals surface area contributed by atoms with Crippen molar-refractivity contribution in [1.29, 1.82) is 0 Å². The third-order valence-electron chi connectivity index (χ3n) is 2.95. The van der Waals surface area contributed by atoms with Crippen molar-refractivity contribution < 1.29 is 14.0 Å². The van der Waals surface area contributed by atoms with Crippen molar-refractivity contribution in [2.24, 2.45) is 0 Å². The second kappa shape index (κ2) is 5.93. The van der Waals surface area contributed by atoms with E-state index in [-0.39, 0.29) is 6.10 Å². The Morgan fingerprint density at radius 1 is 1.40 bits per heavy atom. The quantitative estimate of drug-likeness (QED) is 0.838. The third kappa shape index (κ3) is 2.91. The van der Waals surface area contributed by atoms with Crippen molar-refractivity contribution >= 4 is 0 Å². The van der Waals surface area contributed by atoms with Crippen LogP contribution in [0.1, 0.15) is 5.89 Å². The summed E-state index contributed by atoms with van der Waals surface area (Å²) < 4.78 is 15.8. The van der Waals surface area contributed by atoms with Gasteiger partial charge < -0.3 is 19.3 Å². The summed E-state index contributed by atoms with van der Waals surface area (Å²) in [4.78, 5) is 4.30. The maximum absolute atomic E-state index is 5.59. The van der Waals surface area contributed by atoms with Crippen molar-refractivity contribution in [3.05, 3.63) is 18.0 Å². The first kappa shape index (κ1) is 12.9. The Kier molecular flexibility index (Phi) is 3.84. The van der Waals surface area contributed by atoms with Gasteiger partial charge in [0, 0.05) is 19.2 Å². The van der Waals surface area contributed by atoms with Crippen LogP contribution in [-0.4, -0.2) is 53.2 Å². The number of ether oxygens (including phenoxy) is 2. The number of nitrogens with zero attached hydrogens (tertiary/aromatic N) is 4. The number of hydrogen-bond donors (Lipinski definition) is 1. The third-order valence-corrected chi connectivity index (χ3v) is 2.95. The minimum Gasteiger partial charge on any atom is -0.480 e. The molecule has 106 valence electrons. The van der Waals surface area contributed by atoms with E-state index in [0.29, 0.717) is 36.3 Å². The molecule has 0 saturated carbocycles. The molecular formula is C12H15N5O3. The van der Waals surface area contributed by atoms with Crippen LogP contribution < -0.4 is 10.1 Å². The first-order valence-corrected chi connectivity index (χ1v) is 6.38. The Balaban J connectivity index is 1.68. The van der Waals surface area contributed by atoms with Gasteiger partial charge in [-0.15, -0.1) is 10.2 Å². The average Bonchev–Trinajstić information content (AvgIpc) is 2.97. The molecule has 0 spiro atoms. The molecule has 2 aromatic heterocycles. The molecule has 8 heteroatoms. The molecule has 1 saturated heterocycles. The lowest BCUT2D eigenvalue weighted by atomic mass is 10.2. The summed E-state index contributed by atoms with van der Waals surface area (Å²) in [6, 6.07) is 3.44. The smallest absolute Gasteiger partial charge is 0.233 e.